The zero-order chi connectivity index (χ0) is 10.6. The predicted octanol–water partition coefficient (Wildman–Crippen LogP) is 0.294. The van der Waals surface area contributed by atoms with Crippen molar-refractivity contribution < 1.29 is 9.79 Å². The molecule has 0 saturated heterocycles. The summed E-state index contributed by atoms with van der Waals surface area (Å²) in [5.41, 5.74) is 0. The molecule has 82 valence electrons. The predicted molar refractivity (Wildman–Crippen MR) is 59.9 cm³/mol. The van der Waals surface area contributed by atoms with Gasteiger partial charge in [0.1, 0.15) is 0 Å². The van der Waals surface area contributed by atoms with Crippen molar-refractivity contribution in [1.29, 1.82) is 0 Å². The van der Waals surface area contributed by atoms with Crippen molar-refractivity contribution in [3.8, 4) is 0 Å². The maximum Gasteiger partial charge on any atom is 0.229 e. The van der Waals surface area contributed by atoms with Gasteiger partial charge < -0.3 is 10.2 Å². The lowest BCUT2D eigenvalue weighted by atomic mass is 10.2. The van der Waals surface area contributed by atoms with Crippen LogP contribution in [0.3, 0.4) is 0 Å². The molecule has 4 nitrogen and oxygen atoms in total. The second kappa shape index (κ2) is 10.7. The molecule has 0 aliphatic heterocycles. The highest BCUT2D eigenvalue weighted by atomic mass is 31.1. The van der Waals surface area contributed by atoms with Gasteiger partial charge in [-0.3, -0.25) is 5.32 Å². The van der Waals surface area contributed by atoms with Crippen LogP contribution in [0, 0.1) is 0 Å². The van der Waals surface area contributed by atoms with Gasteiger partial charge in [0.05, 0.1) is 0 Å². The number of rotatable bonds is 8. The first-order valence-corrected chi connectivity index (χ1v) is 6.09. The minimum atomic E-state index is -2.14. The van der Waals surface area contributed by atoms with E-state index in [1.54, 1.807) is 0 Å². The molecule has 5 heteroatoms. The third-order valence-electron chi connectivity index (χ3n) is 1.68. The van der Waals surface area contributed by atoms with Crippen molar-refractivity contribution >= 4 is 13.9 Å². The molecule has 0 fully saturated rings. The summed E-state index contributed by atoms with van der Waals surface area (Å²) in [5, 5.41) is 5.73. The first-order chi connectivity index (χ1) is 6.77. The van der Waals surface area contributed by atoms with E-state index in [2.05, 4.69) is 16.7 Å². The molecular formula is C9H19N2O2P. The molecular weight excluding hydrogens is 199 g/mol. The third kappa shape index (κ3) is 11.6. The van der Waals surface area contributed by atoms with Crippen LogP contribution in [0.4, 0.5) is 0 Å². The molecule has 0 saturated carbocycles. The van der Waals surface area contributed by atoms with Gasteiger partial charge in [0.2, 0.25) is 8.00 Å². The summed E-state index contributed by atoms with van der Waals surface area (Å²) < 4.78 is 0. The molecule has 0 spiro atoms. The summed E-state index contributed by atoms with van der Waals surface area (Å²) in [6, 6.07) is 0. The van der Waals surface area contributed by atoms with E-state index in [-0.39, 0.29) is 0 Å². The Morgan fingerprint density at radius 3 is 2.79 bits per heavy atom. The van der Waals surface area contributed by atoms with Crippen molar-refractivity contribution in [1.82, 2.24) is 10.6 Å². The Kier molecular flexibility index (Phi) is 10.4. The van der Waals surface area contributed by atoms with Crippen molar-refractivity contribution in [2.45, 2.75) is 25.7 Å². The first-order valence-electron chi connectivity index (χ1n) is 4.81. The molecule has 0 rings (SSSR count). The monoisotopic (exact) mass is 218 g/mol. The van der Waals surface area contributed by atoms with Crippen LogP contribution in [0.25, 0.3) is 0 Å². The minimum absolute atomic E-state index is 0.775. The fourth-order valence-electron chi connectivity index (χ4n) is 1.01. The van der Waals surface area contributed by atoms with Gasteiger partial charge in [-0.1, -0.05) is 12.5 Å². The Morgan fingerprint density at radius 1 is 1.36 bits per heavy atom. The van der Waals surface area contributed by atoms with Crippen LogP contribution >= 0.6 is 8.00 Å². The summed E-state index contributed by atoms with van der Waals surface area (Å²) in [7, 11) is -0.257. The minimum Gasteiger partial charge on any atom is -0.602 e. The van der Waals surface area contributed by atoms with E-state index in [4.69, 9.17) is 4.89 Å². The number of hydrogen-bond donors (Lipinski definition) is 3. The van der Waals surface area contributed by atoms with Gasteiger partial charge in [0.25, 0.3) is 0 Å². The number of nitrogens with one attached hydrogen (secondary N) is 2. The second-order valence-electron chi connectivity index (χ2n) is 2.93. The van der Waals surface area contributed by atoms with Gasteiger partial charge >= 0.3 is 0 Å². The fourth-order valence-corrected chi connectivity index (χ4v) is 1.30. The average molecular weight is 218 g/mol. The van der Waals surface area contributed by atoms with E-state index in [0.717, 1.165) is 32.2 Å². The molecule has 14 heavy (non-hydrogen) atoms. The highest BCUT2D eigenvalue weighted by Crippen LogP contribution is 2.00. The summed E-state index contributed by atoms with van der Waals surface area (Å²) in [5.74, 6) is 1.23. The lowest BCUT2D eigenvalue weighted by Gasteiger charge is -1.97. The Hall–Kier alpha value is -0.410. The first kappa shape index (κ1) is 13.6. The van der Waals surface area contributed by atoms with Gasteiger partial charge in [0, 0.05) is 13.6 Å². The summed E-state index contributed by atoms with van der Waals surface area (Å²) in [4.78, 5) is 18.6. The summed E-state index contributed by atoms with van der Waals surface area (Å²) in [6.45, 7) is 0.775. The van der Waals surface area contributed by atoms with Crippen molar-refractivity contribution in [3.63, 3.8) is 0 Å². The second-order valence-corrected chi connectivity index (χ2v) is 3.79. The number of allylic oxidation sites excluding steroid dienone is 1. The van der Waals surface area contributed by atoms with Crippen LogP contribution in [0.5, 0.6) is 0 Å². The van der Waals surface area contributed by atoms with E-state index < -0.39 is 8.00 Å². The van der Waals surface area contributed by atoms with Gasteiger partial charge in [-0.15, -0.1) is 0 Å². The maximum absolute atomic E-state index is 10.2. The highest BCUT2D eigenvalue weighted by molar-refractivity contribution is 7.43. The van der Waals surface area contributed by atoms with Crippen molar-refractivity contribution in [2.24, 2.45) is 0 Å². The van der Waals surface area contributed by atoms with E-state index in [1.807, 2.05) is 13.2 Å². The lowest BCUT2D eigenvalue weighted by molar-refractivity contribution is -0.167. The zero-order valence-electron chi connectivity index (χ0n) is 8.57. The van der Waals surface area contributed by atoms with Gasteiger partial charge in [-0.25, -0.2) is 0 Å². The molecule has 0 amide bonds. The van der Waals surface area contributed by atoms with Gasteiger partial charge in [-0.05, 0) is 25.5 Å². The van der Waals surface area contributed by atoms with E-state index >= 15 is 0 Å². The van der Waals surface area contributed by atoms with Crippen molar-refractivity contribution in [3.05, 3.63) is 12.3 Å². The fraction of sp³-hybridized carbons (Fsp3) is 0.667. The normalized spacial score (nSPS) is 12.4. The zero-order valence-corrected chi connectivity index (χ0v) is 9.46. The van der Waals surface area contributed by atoms with Crippen LogP contribution in [-0.4, -0.2) is 24.4 Å². The standard InChI is InChI=1S/C9H19N2O2P/c1-10-7-5-3-2-4-6-8-11-9-14(12)13/h5,7,9-11H,2-4,6,8H2,1H3,(H,12,13). The molecule has 0 radical (unpaired) electrons. The highest BCUT2D eigenvalue weighted by Gasteiger charge is 1.89. The Morgan fingerprint density at radius 2 is 2.14 bits per heavy atom. The molecule has 1 unspecified atom stereocenters. The van der Waals surface area contributed by atoms with Crippen LogP contribution < -0.4 is 15.5 Å². The molecule has 0 aromatic rings. The smallest absolute Gasteiger partial charge is 0.229 e. The Balaban J connectivity index is 3.06. The summed E-state index contributed by atoms with van der Waals surface area (Å²) >= 11 is 0. The number of unbranched alkanes of at least 4 members (excludes halogenated alkanes) is 3. The van der Waals surface area contributed by atoms with Gasteiger partial charge in [-0.2, -0.15) is 4.89 Å². The molecule has 0 aromatic carbocycles. The summed E-state index contributed by atoms with van der Waals surface area (Å²) in [6.07, 6.45) is 8.45. The largest absolute Gasteiger partial charge is 0.602 e. The van der Waals surface area contributed by atoms with Gasteiger partial charge in [0.15, 0.2) is 5.92 Å². The number of hydrogen-bond acceptors (Lipinski definition) is 3. The third-order valence-corrected chi connectivity index (χ3v) is 2.08. The van der Waals surface area contributed by atoms with Crippen LogP contribution in [0.1, 0.15) is 25.7 Å². The van der Waals surface area contributed by atoms with Crippen LogP contribution in [0.2, 0.25) is 0 Å². The van der Waals surface area contributed by atoms with Crippen LogP contribution in [-0.2, 0) is 0 Å². The van der Waals surface area contributed by atoms with Crippen molar-refractivity contribution in [2.75, 3.05) is 13.6 Å². The lowest BCUT2D eigenvalue weighted by Crippen LogP contribution is -2.13. The molecule has 0 heterocycles. The Bertz CT molecular complexity index is 180. The average Bonchev–Trinajstić information content (AvgIpc) is 2.15. The Labute approximate surface area is 86.6 Å². The van der Waals surface area contributed by atoms with E-state index in [9.17, 15) is 4.89 Å². The quantitative estimate of drug-likeness (QED) is 0.405. The molecule has 0 aromatic heterocycles. The maximum atomic E-state index is 10.2. The molecule has 1 atom stereocenters. The van der Waals surface area contributed by atoms with E-state index in [0.29, 0.717) is 0 Å². The SMILES string of the molecule is CNC=CCCCCCN/C=[P+](\[O-])O. The van der Waals surface area contributed by atoms with E-state index in [1.165, 1.54) is 5.92 Å². The molecule has 0 aliphatic carbocycles. The molecule has 3 N–H and O–H groups in total. The molecule has 0 aliphatic rings. The van der Waals surface area contributed by atoms with Crippen LogP contribution in [0.15, 0.2) is 12.3 Å². The topological polar surface area (TPSA) is 67.3 Å². The molecule has 0 bridgehead atoms.